The molecule has 1 aromatic rings. The molecule has 0 fully saturated rings. The standard InChI is InChI=1S/C8H9F3N2O2/c1-14-7-2-5(15-8(9,10)11)4-13-6(7)3-12/h2,4H,3,12H2,1H3. The highest BCUT2D eigenvalue weighted by molar-refractivity contribution is 5.34. The molecule has 0 radical (unpaired) electrons. The van der Waals surface area contributed by atoms with Crippen molar-refractivity contribution in [3.05, 3.63) is 18.0 Å². The van der Waals surface area contributed by atoms with Crippen molar-refractivity contribution in [1.29, 1.82) is 0 Å². The van der Waals surface area contributed by atoms with E-state index in [-0.39, 0.29) is 12.3 Å². The van der Waals surface area contributed by atoms with Gasteiger partial charge < -0.3 is 15.2 Å². The summed E-state index contributed by atoms with van der Waals surface area (Å²) in [5.41, 5.74) is 5.67. The molecule has 1 heterocycles. The third-order valence-electron chi connectivity index (χ3n) is 1.55. The lowest BCUT2D eigenvalue weighted by atomic mass is 10.3. The van der Waals surface area contributed by atoms with Gasteiger partial charge in [-0.15, -0.1) is 13.2 Å². The number of rotatable bonds is 3. The first kappa shape index (κ1) is 11.6. The fourth-order valence-corrected chi connectivity index (χ4v) is 0.974. The van der Waals surface area contributed by atoms with E-state index in [0.717, 1.165) is 12.3 Å². The average Bonchev–Trinajstić information content (AvgIpc) is 2.15. The maximum absolute atomic E-state index is 11.8. The Morgan fingerprint density at radius 2 is 2.13 bits per heavy atom. The van der Waals surface area contributed by atoms with Crippen LogP contribution in [0.25, 0.3) is 0 Å². The Balaban J connectivity index is 2.93. The van der Waals surface area contributed by atoms with Gasteiger partial charge in [-0.1, -0.05) is 0 Å². The number of aromatic nitrogens is 1. The van der Waals surface area contributed by atoms with Gasteiger partial charge in [-0.3, -0.25) is 4.98 Å². The van der Waals surface area contributed by atoms with Crippen LogP contribution in [0.4, 0.5) is 13.2 Å². The zero-order valence-electron chi connectivity index (χ0n) is 7.84. The minimum Gasteiger partial charge on any atom is -0.495 e. The molecule has 0 aliphatic carbocycles. The predicted octanol–water partition coefficient (Wildman–Crippen LogP) is 1.45. The first-order valence-corrected chi connectivity index (χ1v) is 3.95. The second-order valence-electron chi connectivity index (χ2n) is 2.57. The van der Waals surface area contributed by atoms with Crippen LogP contribution in [0, 0.1) is 0 Å². The highest BCUT2D eigenvalue weighted by Crippen LogP contribution is 2.26. The highest BCUT2D eigenvalue weighted by Gasteiger charge is 2.31. The fourth-order valence-electron chi connectivity index (χ4n) is 0.974. The van der Waals surface area contributed by atoms with E-state index in [1.807, 2.05) is 0 Å². The molecule has 0 aliphatic rings. The van der Waals surface area contributed by atoms with Gasteiger partial charge in [0.1, 0.15) is 5.75 Å². The molecule has 1 rings (SSSR count). The second-order valence-corrected chi connectivity index (χ2v) is 2.57. The molecule has 15 heavy (non-hydrogen) atoms. The maximum Gasteiger partial charge on any atom is 0.573 e. The molecule has 7 heteroatoms. The van der Waals surface area contributed by atoms with Crippen LogP contribution in [-0.4, -0.2) is 18.5 Å². The molecular weight excluding hydrogens is 213 g/mol. The van der Waals surface area contributed by atoms with Crippen molar-refractivity contribution < 1.29 is 22.6 Å². The van der Waals surface area contributed by atoms with Crippen molar-refractivity contribution in [2.24, 2.45) is 5.73 Å². The third-order valence-corrected chi connectivity index (χ3v) is 1.55. The van der Waals surface area contributed by atoms with Gasteiger partial charge in [0.2, 0.25) is 0 Å². The summed E-state index contributed by atoms with van der Waals surface area (Å²) in [6.45, 7) is 0.0788. The first-order chi connectivity index (χ1) is 6.96. The van der Waals surface area contributed by atoms with Gasteiger partial charge in [-0.2, -0.15) is 0 Å². The van der Waals surface area contributed by atoms with E-state index >= 15 is 0 Å². The van der Waals surface area contributed by atoms with Crippen LogP contribution in [0.3, 0.4) is 0 Å². The first-order valence-electron chi connectivity index (χ1n) is 3.95. The Hall–Kier alpha value is -1.50. The largest absolute Gasteiger partial charge is 0.573 e. The Labute approximate surface area is 83.8 Å². The summed E-state index contributed by atoms with van der Waals surface area (Å²) in [6, 6.07) is 1.09. The van der Waals surface area contributed by atoms with Crippen molar-refractivity contribution >= 4 is 0 Å². The molecule has 84 valence electrons. The highest BCUT2D eigenvalue weighted by atomic mass is 19.4. The lowest BCUT2D eigenvalue weighted by Crippen LogP contribution is -2.17. The van der Waals surface area contributed by atoms with E-state index in [0.29, 0.717) is 5.69 Å². The van der Waals surface area contributed by atoms with E-state index in [1.165, 1.54) is 7.11 Å². The third kappa shape index (κ3) is 3.28. The summed E-state index contributed by atoms with van der Waals surface area (Å²) in [4.78, 5) is 3.68. The van der Waals surface area contributed by atoms with Gasteiger partial charge >= 0.3 is 6.36 Å². The summed E-state index contributed by atoms with van der Waals surface area (Å²) in [5, 5.41) is 0. The van der Waals surface area contributed by atoms with Crippen LogP contribution >= 0.6 is 0 Å². The second kappa shape index (κ2) is 4.35. The van der Waals surface area contributed by atoms with E-state index in [2.05, 4.69) is 9.72 Å². The molecule has 0 saturated carbocycles. The molecule has 1 aromatic heterocycles. The lowest BCUT2D eigenvalue weighted by Gasteiger charge is -2.11. The van der Waals surface area contributed by atoms with Crippen LogP contribution in [-0.2, 0) is 6.54 Å². The zero-order valence-corrected chi connectivity index (χ0v) is 7.84. The number of halogens is 3. The molecule has 0 atom stereocenters. The van der Waals surface area contributed by atoms with Crippen LogP contribution < -0.4 is 15.2 Å². The minimum absolute atomic E-state index is 0.0788. The number of alkyl halides is 3. The molecule has 0 bridgehead atoms. The predicted molar refractivity (Wildman–Crippen MR) is 45.4 cm³/mol. The summed E-state index contributed by atoms with van der Waals surface area (Å²) >= 11 is 0. The maximum atomic E-state index is 11.8. The SMILES string of the molecule is COc1cc(OC(F)(F)F)cnc1CN. The number of hydrogen-bond donors (Lipinski definition) is 1. The van der Waals surface area contributed by atoms with E-state index in [1.54, 1.807) is 0 Å². The number of nitrogens with two attached hydrogens (primary N) is 1. The van der Waals surface area contributed by atoms with Gasteiger partial charge in [0.25, 0.3) is 0 Å². The molecule has 2 N–H and O–H groups in total. The number of methoxy groups -OCH3 is 1. The normalized spacial score (nSPS) is 11.3. The fraction of sp³-hybridized carbons (Fsp3) is 0.375. The Morgan fingerprint density at radius 3 is 2.60 bits per heavy atom. The van der Waals surface area contributed by atoms with Crippen molar-refractivity contribution in [2.75, 3.05) is 7.11 Å². The number of ether oxygens (including phenoxy) is 2. The van der Waals surface area contributed by atoms with Gasteiger partial charge in [0, 0.05) is 12.6 Å². The number of nitrogens with zero attached hydrogens (tertiary/aromatic N) is 1. The van der Waals surface area contributed by atoms with Crippen molar-refractivity contribution in [3.8, 4) is 11.5 Å². The molecule has 0 aliphatic heterocycles. The van der Waals surface area contributed by atoms with Crippen LogP contribution in [0.15, 0.2) is 12.3 Å². The molecule has 0 unspecified atom stereocenters. The van der Waals surface area contributed by atoms with E-state index < -0.39 is 12.1 Å². The smallest absolute Gasteiger partial charge is 0.495 e. The molecule has 0 saturated heterocycles. The Bertz CT molecular complexity index is 341. The molecular formula is C8H9F3N2O2. The molecule has 0 amide bonds. The summed E-state index contributed by atoms with van der Waals surface area (Å²) in [6.07, 6.45) is -3.80. The van der Waals surface area contributed by atoms with Crippen LogP contribution in [0.2, 0.25) is 0 Å². The Kier molecular flexibility index (Phi) is 3.35. The summed E-state index contributed by atoms with van der Waals surface area (Å²) in [7, 11) is 1.31. The molecule has 4 nitrogen and oxygen atoms in total. The number of pyridine rings is 1. The quantitative estimate of drug-likeness (QED) is 0.840. The van der Waals surface area contributed by atoms with E-state index in [4.69, 9.17) is 10.5 Å². The number of hydrogen-bond acceptors (Lipinski definition) is 4. The van der Waals surface area contributed by atoms with E-state index in [9.17, 15) is 13.2 Å². The topological polar surface area (TPSA) is 57.4 Å². The molecule has 0 spiro atoms. The lowest BCUT2D eigenvalue weighted by molar-refractivity contribution is -0.274. The van der Waals surface area contributed by atoms with Crippen LogP contribution in [0.1, 0.15) is 5.69 Å². The minimum atomic E-state index is -4.74. The average molecular weight is 222 g/mol. The van der Waals surface area contributed by atoms with Gasteiger partial charge in [0.15, 0.2) is 5.75 Å². The zero-order chi connectivity index (χ0) is 11.5. The van der Waals surface area contributed by atoms with Gasteiger partial charge in [-0.05, 0) is 0 Å². The van der Waals surface area contributed by atoms with Crippen molar-refractivity contribution in [2.45, 2.75) is 12.9 Å². The summed E-state index contributed by atoms with van der Waals surface area (Å²) < 4.78 is 44.0. The van der Waals surface area contributed by atoms with Crippen LogP contribution in [0.5, 0.6) is 11.5 Å². The Morgan fingerprint density at radius 1 is 1.47 bits per heavy atom. The van der Waals surface area contributed by atoms with Gasteiger partial charge in [-0.25, -0.2) is 0 Å². The van der Waals surface area contributed by atoms with Crippen molar-refractivity contribution in [1.82, 2.24) is 4.98 Å². The van der Waals surface area contributed by atoms with Crippen molar-refractivity contribution in [3.63, 3.8) is 0 Å². The monoisotopic (exact) mass is 222 g/mol. The molecule has 0 aromatic carbocycles. The van der Waals surface area contributed by atoms with Gasteiger partial charge in [0.05, 0.1) is 19.0 Å². The summed E-state index contributed by atoms with van der Waals surface area (Å²) in [5.74, 6) is -0.268.